The molecule has 4 nitrogen and oxygen atoms in total. The molecule has 0 bridgehead atoms. The van der Waals surface area contributed by atoms with Crippen molar-refractivity contribution in [1.29, 1.82) is 0 Å². The zero-order valence-electron chi connectivity index (χ0n) is 9.55. The SMILES string of the molecule is CCN=C(NN)Nc1ccc(Br)cc1CC. The molecule has 0 aliphatic rings. The van der Waals surface area contributed by atoms with E-state index in [4.69, 9.17) is 5.84 Å². The number of benzene rings is 1. The maximum atomic E-state index is 5.38. The third kappa shape index (κ3) is 3.50. The Balaban J connectivity index is 2.91. The Kier molecular flexibility index (Phi) is 5.28. The number of hydrogen-bond acceptors (Lipinski definition) is 2. The van der Waals surface area contributed by atoms with Crippen LogP contribution < -0.4 is 16.6 Å². The molecular weight excluding hydrogens is 268 g/mol. The van der Waals surface area contributed by atoms with Crippen LogP contribution in [0.25, 0.3) is 0 Å². The zero-order valence-corrected chi connectivity index (χ0v) is 11.1. The molecule has 88 valence electrons. The average Bonchev–Trinajstić information content (AvgIpc) is 2.30. The number of guanidine groups is 1. The number of anilines is 1. The summed E-state index contributed by atoms with van der Waals surface area (Å²) >= 11 is 3.45. The number of nitrogens with one attached hydrogen (secondary N) is 2. The van der Waals surface area contributed by atoms with E-state index >= 15 is 0 Å². The van der Waals surface area contributed by atoms with Crippen LogP contribution in [0, 0.1) is 0 Å². The Bertz CT molecular complexity index is 376. The minimum atomic E-state index is 0.583. The van der Waals surface area contributed by atoms with Crippen molar-refractivity contribution < 1.29 is 0 Å². The molecule has 16 heavy (non-hydrogen) atoms. The van der Waals surface area contributed by atoms with Crippen LogP contribution in [-0.4, -0.2) is 12.5 Å². The van der Waals surface area contributed by atoms with Gasteiger partial charge in [-0.15, -0.1) is 0 Å². The maximum absolute atomic E-state index is 5.38. The largest absolute Gasteiger partial charge is 0.325 e. The molecule has 0 saturated carbocycles. The molecule has 0 aliphatic carbocycles. The van der Waals surface area contributed by atoms with Crippen LogP contribution in [0.5, 0.6) is 0 Å². The molecule has 0 aromatic heterocycles. The van der Waals surface area contributed by atoms with Crippen molar-refractivity contribution in [1.82, 2.24) is 5.43 Å². The molecule has 5 heteroatoms. The van der Waals surface area contributed by atoms with Gasteiger partial charge in [0.2, 0.25) is 5.96 Å². The van der Waals surface area contributed by atoms with Crippen molar-refractivity contribution in [2.24, 2.45) is 10.8 Å². The van der Waals surface area contributed by atoms with Crippen LogP contribution in [0.2, 0.25) is 0 Å². The van der Waals surface area contributed by atoms with E-state index in [0.29, 0.717) is 12.5 Å². The van der Waals surface area contributed by atoms with Crippen LogP contribution in [0.4, 0.5) is 5.69 Å². The van der Waals surface area contributed by atoms with Gasteiger partial charge in [-0.1, -0.05) is 22.9 Å². The highest BCUT2D eigenvalue weighted by Crippen LogP contribution is 2.21. The van der Waals surface area contributed by atoms with E-state index in [-0.39, 0.29) is 0 Å². The van der Waals surface area contributed by atoms with Gasteiger partial charge in [-0.25, -0.2) is 5.84 Å². The molecule has 1 rings (SSSR count). The normalized spacial score (nSPS) is 11.4. The van der Waals surface area contributed by atoms with Crippen LogP contribution in [0.3, 0.4) is 0 Å². The third-order valence-electron chi connectivity index (χ3n) is 2.15. The number of aryl methyl sites for hydroxylation is 1. The summed E-state index contributed by atoms with van der Waals surface area (Å²) in [6.45, 7) is 4.76. The Morgan fingerprint density at radius 2 is 2.19 bits per heavy atom. The Labute approximate surface area is 104 Å². The molecule has 0 spiro atoms. The first kappa shape index (κ1) is 13.0. The lowest BCUT2D eigenvalue weighted by Gasteiger charge is -2.12. The van der Waals surface area contributed by atoms with Gasteiger partial charge in [0.25, 0.3) is 0 Å². The number of nitrogens with zero attached hydrogens (tertiary/aromatic N) is 1. The van der Waals surface area contributed by atoms with Gasteiger partial charge in [-0.3, -0.25) is 10.4 Å². The van der Waals surface area contributed by atoms with Crippen LogP contribution in [0.1, 0.15) is 19.4 Å². The van der Waals surface area contributed by atoms with Crippen LogP contribution in [-0.2, 0) is 6.42 Å². The predicted octanol–water partition coefficient (Wildman–Crippen LogP) is 2.26. The number of hydrazine groups is 1. The summed E-state index contributed by atoms with van der Waals surface area (Å²) in [4.78, 5) is 4.19. The number of rotatable bonds is 3. The molecule has 0 atom stereocenters. The third-order valence-corrected chi connectivity index (χ3v) is 2.65. The first-order chi connectivity index (χ1) is 7.71. The van der Waals surface area contributed by atoms with Crippen molar-refractivity contribution in [2.45, 2.75) is 20.3 Å². The molecule has 0 amide bonds. The molecule has 0 heterocycles. The predicted molar refractivity (Wildman–Crippen MR) is 72.4 cm³/mol. The molecule has 4 N–H and O–H groups in total. The number of hydrogen-bond donors (Lipinski definition) is 3. The Hall–Kier alpha value is -1.07. The van der Waals surface area contributed by atoms with Crippen molar-refractivity contribution in [2.75, 3.05) is 11.9 Å². The monoisotopic (exact) mass is 284 g/mol. The number of halogens is 1. The molecule has 0 aliphatic heterocycles. The van der Waals surface area contributed by atoms with Crippen molar-refractivity contribution in [3.8, 4) is 0 Å². The van der Waals surface area contributed by atoms with Gasteiger partial charge in [-0.05, 0) is 37.1 Å². The second-order valence-electron chi connectivity index (χ2n) is 3.25. The van der Waals surface area contributed by atoms with E-state index < -0.39 is 0 Å². The molecule has 0 unspecified atom stereocenters. The Morgan fingerprint density at radius 3 is 2.75 bits per heavy atom. The summed E-state index contributed by atoms with van der Waals surface area (Å²) in [7, 11) is 0. The summed E-state index contributed by atoms with van der Waals surface area (Å²) in [6, 6.07) is 6.08. The van der Waals surface area contributed by atoms with Gasteiger partial charge in [-0.2, -0.15) is 0 Å². The van der Waals surface area contributed by atoms with E-state index in [0.717, 1.165) is 16.6 Å². The quantitative estimate of drug-likeness (QED) is 0.345. The van der Waals surface area contributed by atoms with E-state index in [1.807, 2.05) is 19.1 Å². The van der Waals surface area contributed by atoms with E-state index in [1.165, 1.54) is 5.56 Å². The maximum Gasteiger partial charge on any atom is 0.210 e. The Morgan fingerprint density at radius 1 is 1.44 bits per heavy atom. The molecular formula is C11H17BrN4. The van der Waals surface area contributed by atoms with Crippen LogP contribution >= 0.6 is 15.9 Å². The second-order valence-corrected chi connectivity index (χ2v) is 4.16. The van der Waals surface area contributed by atoms with Crippen LogP contribution in [0.15, 0.2) is 27.7 Å². The van der Waals surface area contributed by atoms with E-state index in [9.17, 15) is 0 Å². The minimum Gasteiger partial charge on any atom is -0.325 e. The molecule has 0 saturated heterocycles. The second kappa shape index (κ2) is 6.50. The number of nitrogens with two attached hydrogens (primary N) is 1. The first-order valence-electron chi connectivity index (χ1n) is 5.27. The molecule has 0 radical (unpaired) electrons. The smallest absolute Gasteiger partial charge is 0.210 e. The fraction of sp³-hybridized carbons (Fsp3) is 0.364. The minimum absolute atomic E-state index is 0.583. The van der Waals surface area contributed by atoms with E-state index in [2.05, 4.69) is 44.7 Å². The van der Waals surface area contributed by atoms with Gasteiger partial charge in [0.05, 0.1) is 0 Å². The standard InChI is InChI=1S/C11H17BrN4/c1-3-8-7-9(12)5-6-10(8)15-11(16-13)14-4-2/h5-7H,3-4,13H2,1-2H3,(H2,14,15,16). The van der Waals surface area contributed by atoms with E-state index in [1.54, 1.807) is 0 Å². The summed E-state index contributed by atoms with van der Waals surface area (Å²) in [5.41, 5.74) is 4.78. The van der Waals surface area contributed by atoms with Gasteiger partial charge in [0, 0.05) is 16.7 Å². The highest BCUT2D eigenvalue weighted by molar-refractivity contribution is 9.10. The molecule has 1 aromatic carbocycles. The fourth-order valence-electron chi connectivity index (χ4n) is 1.38. The lowest BCUT2D eigenvalue weighted by atomic mass is 10.1. The first-order valence-corrected chi connectivity index (χ1v) is 6.07. The topological polar surface area (TPSA) is 62.4 Å². The van der Waals surface area contributed by atoms with Crippen molar-refractivity contribution in [3.05, 3.63) is 28.2 Å². The summed E-state index contributed by atoms with van der Waals surface area (Å²) in [5.74, 6) is 5.96. The van der Waals surface area contributed by atoms with Crippen molar-refractivity contribution >= 4 is 27.6 Å². The summed E-state index contributed by atoms with van der Waals surface area (Å²) in [6.07, 6.45) is 0.950. The molecule has 1 aromatic rings. The van der Waals surface area contributed by atoms with Gasteiger partial charge in [0.1, 0.15) is 0 Å². The highest BCUT2D eigenvalue weighted by atomic mass is 79.9. The number of aliphatic imine (C=N–C) groups is 1. The lowest BCUT2D eigenvalue weighted by Crippen LogP contribution is -2.36. The lowest BCUT2D eigenvalue weighted by molar-refractivity contribution is 0.984. The fourth-order valence-corrected chi connectivity index (χ4v) is 1.79. The van der Waals surface area contributed by atoms with Gasteiger partial charge < -0.3 is 5.32 Å². The average molecular weight is 285 g/mol. The molecule has 0 fully saturated rings. The highest BCUT2D eigenvalue weighted by Gasteiger charge is 2.03. The zero-order chi connectivity index (χ0) is 12.0. The van der Waals surface area contributed by atoms with Gasteiger partial charge >= 0.3 is 0 Å². The summed E-state index contributed by atoms with van der Waals surface area (Å²) < 4.78 is 1.07. The summed E-state index contributed by atoms with van der Waals surface area (Å²) in [5, 5.41) is 3.17. The van der Waals surface area contributed by atoms with Crippen molar-refractivity contribution in [3.63, 3.8) is 0 Å². The van der Waals surface area contributed by atoms with Gasteiger partial charge in [0.15, 0.2) is 0 Å².